The van der Waals surface area contributed by atoms with Gasteiger partial charge in [-0.25, -0.2) is 0 Å². The molecule has 0 spiro atoms. The van der Waals surface area contributed by atoms with Gasteiger partial charge in [0.1, 0.15) is 12.5 Å². The van der Waals surface area contributed by atoms with Gasteiger partial charge >= 0.3 is 11.9 Å². The molecule has 13 nitrogen and oxygen atoms in total. The van der Waals surface area contributed by atoms with Crippen LogP contribution in [0.5, 0.6) is 0 Å². The van der Waals surface area contributed by atoms with Gasteiger partial charge in [0.2, 0.25) is 0 Å². The van der Waals surface area contributed by atoms with E-state index < -0.39 is 0 Å². The van der Waals surface area contributed by atoms with E-state index in [0.29, 0.717) is 77.9 Å². The predicted octanol–water partition coefficient (Wildman–Crippen LogP) is 6.61. The number of nitrogens with zero attached hydrogens (tertiary/aromatic N) is 4. The largest absolute Gasteiger partial charge is 0.497 e. The van der Waals surface area contributed by atoms with Crippen molar-refractivity contribution in [1.82, 2.24) is 19.6 Å². The number of carbonyl (C=O) groups is 3. The van der Waals surface area contributed by atoms with Crippen LogP contribution in [0.2, 0.25) is 6.82 Å². The average molecular weight is 864 g/mol. The summed E-state index contributed by atoms with van der Waals surface area (Å²) in [4.78, 5) is 43.5. The number of carbonyl (C=O) groups excluding carboxylic acids is 3. The molecule has 2 rings (SSSR count). The van der Waals surface area contributed by atoms with E-state index in [-0.39, 0.29) is 45.5 Å². The van der Waals surface area contributed by atoms with E-state index in [1.165, 1.54) is 56.6 Å². The van der Waals surface area contributed by atoms with Crippen molar-refractivity contribution in [3.05, 3.63) is 47.7 Å². The second-order valence-corrected chi connectivity index (χ2v) is 18.0. The lowest BCUT2D eigenvalue weighted by Gasteiger charge is -2.31. The zero-order chi connectivity index (χ0) is 45.0. The molecule has 1 aliphatic rings. The van der Waals surface area contributed by atoms with Crippen LogP contribution in [0.25, 0.3) is 0 Å². The third-order valence-corrected chi connectivity index (χ3v) is 11.8. The number of aryl methyl sites for hydroxylation is 2. The number of rotatable bonds is 26. The molecule has 1 fully saturated rings. The van der Waals surface area contributed by atoms with Gasteiger partial charge in [0.05, 0.1) is 60.1 Å². The fraction of sp³-hybridized carbons (Fsp3) is 0.756. The fourth-order valence-electron chi connectivity index (χ4n) is 6.06. The van der Waals surface area contributed by atoms with E-state index in [1.54, 1.807) is 0 Å². The molecule has 0 aliphatic carbocycles. The Morgan fingerprint density at radius 1 is 0.783 bits per heavy atom. The van der Waals surface area contributed by atoms with Crippen LogP contribution in [0.1, 0.15) is 97.1 Å². The maximum atomic E-state index is 12.4. The maximum absolute atomic E-state index is 12.4. The molecule has 344 valence electrons. The van der Waals surface area contributed by atoms with Gasteiger partial charge in [0, 0.05) is 47.4 Å². The maximum Gasteiger partial charge on any atom is 0.320 e. The first-order chi connectivity index (χ1) is 28.8. The standard InChI is InChI=1S/C25H46N4O7.C19H34NOP.CH3B/c1-5-7-15-35-23(3)17-28-13-11-26(18-24(31)33-4)9-10-27(19-25(32)36-16-8-6-2)12-14-29(20-28)21-34-22-30;1-17-10-12-18(13-11-17)9-8-16-22(21-19(2,3)4)15-7-5-6-14-20;1-2/h22H,3,5-21H2,1-2,4H3;10-13H,5-9,14-16,20H2,1-4H3;1H3. The summed E-state index contributed by atoms with van der Waals surface area (Å²) in [5, 5.41) is 0. The van der Waals surface area contributed by atoms with Crippen LogP contribution in [-0.4, -0.2) is 163 Å². The van der Waals surface area contributed by atoms with Crippen LogP contribution in [0.15, 0.2) is 36.6 Å². The van der Waals surface area contributed by atoms with E-state index in [1.807, 2.05) is 21.6 Å². The summed E-state index contributed by atoms with van der Waals surface area (Å²) in [5.74, 6) is 0.0940. The van der Waals surface area contributed by atoms with Gasteiger partial charge in [0.25, 0.3) is 6.47 Å². The molecular formula is C45H83BN5O8P. The molecule has 1 saturated heterocycles. The summed E-state index contributed by atoms with van der Waals surface area (Å²) < 4.78 is 27.4. The molecule has 15 heteroatoms. The number of methoxy groups -OCH3 is 1. The van der Waals surface area contributed by atoms with Crippen molar-refractivity contribution in [1.29, 1.82) is 0 Å². The highest BCUT2D eigenvalue weighted by molar-refractivity contribution is 7.52. The highest BCUT2D eigenvalue weighted by Gasteiger charge is 2.22. The van der Waals surface area contributed by atoms with Crippen molar-refractivity contribution < 1.29 is 37.9 Å². The molecule has 0 bridgehead atoms. The predicted molar refractivity (Wildman–Crippen MR) is 247 cm³/mol. The second-order valence-electron chi connectivity index (χ2n) is 16.0. The van der Waals surface area contributed by atoms with Crippen LogP contribution in [0.4, 0.5) is 0 Å². The van der Waals surface area contributed by atoms with Crippen molar-refractivity contribution in [3.8, 4) is 0 Å². The first kappa shape index (κ1) is 57.4. The molecule has 1 heterocycles. The molecule has 60 heavy (non-hydrogen) atoms. The third-order valence-electron chi connectivity index (χ3n) is 9.33. The minimum Gasteiger partial charge on any atom is -0.497 e. The highest BCUT2D eigenvalue weighted by Crippen LogP contribution is 2.43. The van der Waals surface area contributed by atoms with Crippen molar-refractivity contribution >= 4 is 34.4 Å². The Labute approximate surface area is 367 Å². The Morgan fingerprint density at radius 3 is 1.88 bits per heavy atom. The van der Waals surface area contributed by atoms with Gasteiger partial charge in [0.15, 0.2) is 0 Å². The first-order valence-corrected chi connectivity index (χ1v) is 23.7. The summed E-state index contributed by atoms with van der Waals surface area (Å²) in [6.45, 7) is 25.7. The topological polar surface area (TPSA) is 136 Å². The third kappa shape index (κ3) is 32.2. The Morgan fingerprint density at radius 2 is 1.33 bits per heavy atom. The summed E-state index contributed by atoms with van der Waals surface area (Å²) in [6, 6.07) is 8.92. The minimum absolute atomic E-state index is 0.0244. The molecule has 2 N–H and O–H groups in total. The number of nitrogens with two attached hydrogens (primary N) is 1. The van der Waals surface area contributed by atoms with Gasteiger partial charge < -0.3 is 29.2 Å². The zero-order valence-electron chi connectivity index (χ0n) is 38.9. The van der Waals surface area contributed by atoms with E-state index >= 15 is 0 Å². The van der Waals surface area contributed by atoms with E-state index in [4.69, 9.17) is 29.2 Å². The summed E-state index contributed by atoms with van der Waals surface area (Å²) in [7, 11) is 5.57. The van der Waals surface area contributed by atoms with Crippen LogP contribution in [0.3, 0.4) is 0 Å². The molecular weight excluding hydrogens is 780 g/mol. The van der Waals surface area contributed by atoms with Crippen LogP contribution >= 0.6 is 8.15 Å². The quantitative estimate of drug-likeness (QED) is 0.0204. The van der Waals surface area contributed by atoms with Gasteiger partial charge in [-0.1, -0.05) is 76.3 Å². The van der Waals surface area contributed by atoms with Crippen molar-refractivity contribution in [2.75, 3.05) is 111 Å². The Kier molecular flexibility index (Phi) is 35.4. The molecule has 1 unspecified atom stereocenters. The van der Waals surface area contributed by atoms with Crippen molar-refractivity contribution in [2.45, 2.75) is 112 Å². The van der Waals surface area contributed by atoms with Gasteiger partial charge in [-0.15, -0.1) is 0 Å². The van der Waals surface area contributed by atoms with E-state index in [9.17, 15) is 14.4 Å². The summed E-state index contributed by atoms with van der Waals surface area (Å²) in [5.41, 5.74) is 8.33. The van der Waals surface area contributed by atoms with Gasteiger partial charge in [-0.3, -0.25) is 34.0 Å². The second kappa shape index (κ2) is 37.0. The Hall–Kier alpha value is -2.58. The number of ether oxygens (including phenoxy) is 4. The lowest BCUT2D eigenvalue weighted by Crippen LogP contribution is -2.45. The molecule has 1 aromatic carbocycles. The molecule has 0 saturated carbocycles. The zero-order valence-corrected chi connectivity index (χ0v) is 39.8. The molecule has 1 atom stereocenters. The molecule has 1 aliphatic heterocycles. The molecule has 2 radical (unpaired) electrons. The Balaban J connectivity index is 0.00000124. The minimum atomic E-state index is -0.310. The number of esters is 2. The number of unbranched alkanes of at least 4 members (excludes halogenated alkanes) is 4. The lowest BCUT2D eigenvalue weighted by molar-refractivity contribution is -0.146. The summed E-state index contributed by atoms with van der Waals surface area (Å²) >= 11 is 0. The van der Waals surface area contributed by atoms with Crippen LogP contribution in [0, 0.1) is 6.92 Å². The van der Waals surface area contributed by atoms with Crippen molar-refractivity contribution in [2.24, 2.45) is 5.73 Å². The number of hydrogen-bond donors (Lipinski definition) is 1. The Bertz CT molecular complexity index is 1240. The van der Waals surface area contributed by atoms with E-state index in [0.717, 1.165) is 45.1 Å². The van der Waals surface area contributed by atoms with Crippen LogP contribution in [-0.2, 0) is 44.3 Å². The summed E-state index contributed by atoms with van der Waals surface area (Å²) in [6.07, 6.45) is 12.2. The lowest BCUT2D eigenvalue weighted by atomic mass is 10.1. The highest BCUT2D eigenvalue weighted by atomic mass is 31.1. The first-order valence-electron chi connectivity index (χ1n) is 22.1. The number of benzene rings is 1. The average Bonchev–Trinajstić information content (AvgIpc) is 3.25. The molecule has 0 aromatic heterocycles. The van der Waals surface area contributed by atoms with Gasteiger partial charge in [-0.2, -0.15) is 0 Å². The normalized spacial score (nSPS) is 15.2. The number of hydrogen-bond acceptors (Lipinski definition) is 13. The SMILES string of the molecule is C=C(CN1CCN(CC(=O)OC)CCN(CC(=O)OCCCC)CCN(COC=O)C1)OCCCC.Cc1ccc(CCCP(CCCCCN)OC(C)(C)C)cc1.[B]C. The molecule has 0 amide bonds. The smallest absolute Gasteiger partial charge is 0.320 e. The van der Waals surface area contributed by atoms with Gasteiger partial charge in [-0.05, 0) is 90.7 Å². The monoisotopic (exact) mass is 864 g/mol. The van der Waals surface area contributed by atoms with E-state index in [2.05, 4.69) is 78.2 Å². The fourth-order valence-corrected chi connectivity index (χ4v) is 8.33. The molecule has 1 aromatic rings. The van der Waals surface area contributed by atoms with Crippen LogP contribution < -0.4 is 5.73 Å². The van der Waals surface area contributed by atoms with Crippen molar-refractivity contribution in [3.63, 3.8) is 0 Å².